The Kier molecular flexibility index (Phi) is 4.44. The maximum absolute atomic E-state index is 13.9. The Morgan fingerprint density at radius 2 is 2.04 bits per heavy atom. The second-order valence-corrected chi connectivity index (χ2v) is 7.18. The molecule has 1 aromatic carbocycles. The molecule has 0 unspecified atom stereocenters. The molecule has 1 fully saturated rings. The van der Waals surface area contributed by atoms with Crippen LogP contribution in [-0.4, -0.2) is 51.1 Å². The van der Waals surface area contributed by atoms with Crippen LogP contribution in [0, 0.1) is 5.82 Å². The molecule has 1 aliphatic rings. The van der Waals surface area contributed by atoms with Crippen LogP contribution in [-0.2, 0) is 11.8 Å². The van der Waals surface area contributed by atoms with Crippen LogP contribution >= 0.6 is 11.3 Å². The van der Waals surface area contributed by atoms with Gasteiger partial charge in [-0.1, -0.05) is 12.1 Å². The largest absolute Gasteiger partial charge is 0.327 e. The molecule has 0 radical (unpaired) electrons. The van der Waals surface area contributed by atoms with E-state index in [0.717, 1.165) is 11.3 Å². The van der Waals surface area contributed by atoms with Crippen molar-refractivity contribution in [2.75, 3.05) is 24.5 Å². The number of amides is 2. The third-order valence-electron chi connectivity index (χ3n) is 4.33. The zero-order chi connectivity index (χ0) is 19.0. The maximum Gasteiger partial charge on any atom is 0.266 e. The Morgan fingerprint density at radius 1 is 1.22 bits per heavy atom. The third kappa shape index (κ3) is 3.33. The minimum absolute atomic E-state index is 0.0132. The summed E-state index contributed by atoms with van der Waals surface area (Å²) in [6, 6.07) is 6.30. The van der Waals surface area contributed by atoms with Gasteiger partial charge in [0.05, 0.1) is 18.1 Å². The molecule has 1 aliphatic heterocycles. The highest BCUT2D eigenvalue weighted by atomic mass is 32.1. The van der Waals surface area contributed by atoms with E-state index in [2.05, 4.69) is 10.1 Å². The molecule has 2 aromatic heterocycles. The molecule has 4 rings (SSSR count). The van der Waals surface area contributed by atoms with Gasteiger partial charge in [0.1, 0.15) is 22.2 Å². The van der Waals surface area contributed by atoms with Crippen molar-refractivity contribution in [3.8, 4) is 10.6 Å². The highest BCUT2D eigenvalue weighted by Crippen LogP contribution is 2.28. The molecule has 0 N–H and O–H groups in total. The van der Waals surface area contributed by atoms with Crippen molar-refractivity contribution in [1.29, 1.82) is 0 Å². The van der Waals surface area contributed by atoms with Crippen LogP contribution < -0.4 is 4.90 Å². The van der Waals surface area contributed by atoms with Crippen LogP contribution in [0.5, 0.6) is 0 Å². The van der Waals surface area contributed by atoms with Gasteiger partial charge in [-0.2, -0.15) is 5.10 Å². The predicted molar refractivity (Wildman–Crippen MR) is 99.0 cm³/mol. The minimum Gasteiger partial charge on any atom is -0.327 e. The van der Waals surface area contributed by atoms with Gasteiger partial charge in [0.15, 0.2) is 0 Å². The van der Waals surface area contributed by atoms with Gasteiger partial charge in [0.25, 0.3) is 5.91 Å². The first-order valence-electron chi connectivity index (χ1n) is 8.32. The molecule has 0 bridgehead atoms. The number of carbonyl (C=O) groups excluding carboxylic acids is 2. The molecule has 1 saturated heterocycles. The van der Waals surface area contributed by atoms with Crippen LogP contribution in [0.3, 0.4) is 0 Å². The number of nitrogens with zero attached hydrogens (tertiary/aromatic N) is 5. The first kappa shape index (κ1) is 17.3. The van der Waals surface area contributed by atoms with Crippen molar-refractivity contribution < 1.29 is 14.0 Å². The lowest BCUT2D eigenvalue weighted by Gasteiger charge is -2.33. The average Bonchev–Trinajstić information content (AvgIpc) is 3.31. The molecule has 9 heteroatoms. The number of anilines is 1. The second kappa shape index (κ2) is 6.92. The van der Waals surface area contributed by atoms with E-state index in [1.54, 1.807) is 47.2 Å². The molecule has 3 heterocycles. The van der Waals surface area contributed by atoms with Crippen molar-refractivity contribution in [2.24, 2.45) is 7.05 Å². The maximum atomic E-state index is 13.9. The molecule has 27 heavy (non-hydrogen) atoms. The average molecular weight is 385 g/mol. The summed E-state index contributed by atoms with van der Waals surface area (Å²) in [5.41, 5.74) is 1.08. The van der Waals surface area contributed by atoms with Crippen LogP contribution in [0.4, 0.5) is 10.1 Å². The van der Waals surface area contributed by atoms with E-state index in [-0.39, 0.29) is 24.2 Å². The fourth-order valence-corrected chi connectivity index (χ4v) is 3.87. The van der Waals surface area contributed by atoms with Gasteiger partial charge in [-0.25, -0.2) is 9.37 Å². The van der Waals surface area contributed by atoms with Crippen molar-refractivity contribution in [3.05, 3.63) is 53.6 Å². The molecular weight excluding hydrogens is 369 g/mol. The van der Waals surface area contributed by atoms with E-state index < -0.39 is 0 Å². The predicted octanol–water partition coefficient (Wildman–Crippen LogP) is 2.17. The fourth-order valence-electron chi connectivity index (χ4n) is 2.96. The molecule has 3 aromatic rings. The standard InChI is InChI=1S/C18H16FN5O2S/c1-22-10-12(8-21-22)24-7-6-23(11-16(24)25)18(26)15-9-20-17(27-15)13-4-2-3-5-14(13)19/h2-5,8-10H,6-7,11H2,1H3. The zero-order valence-corrected chi connectivity index (χ0v) is 15.3. The van der Waals surface area contributed by atoms with E-state index in [9.17, 15) is 14.0 Å². The Hall–Kier alpha value is -3.07. The lowest BCUT2D eigenvalue weighted by molar-refractivity contribution is -0.120. The number of aryl methyl sites for hydroxylation is 1. The van der Waals surface area contributed by atoms with Crippen LogP contribution in [0.2, 0.25) is 0 Å². The topological polar surface area (TPSA) is 71.3 Å². The van der Waals surface area contributed by atoms with Gasteiger partial charge in [-0.05, 0) is 12.1 Å². The summed E-state index contributed by atoms with van der Waals surface area (Å²) < 4.78 is 15.5. The lowest BCUT2D eigenvalue weighted by Crippen LogP contribution is -2.52. The quantitative estimate of drug-likeness (QED) is 0.693. The third-order valence-corrected chi connectivity index (χ3v) is 5.35. The molecule has 0 aliphatic carbocycles. The summed E-state index contributed by atoms with van der Waals surface area (Å²) in [7, 11) is 1.78. The van der Waals surface area contributed by atoms with Gasteiger partial charge in [0.2, 0.25) is 5.91 Å². The highest BCUT2D eigenvalue weighted by Gasteiger charge is 2.30. The van der Waals surface area contributed by atoms with E-state index in [1.807, 2.05) is 0 Å². The number of thiazole rings is 1. The zero-order valence-electron chi connectivity index (χ0n) is 14.5. The Balaban J connectivity index is 1.48. The normalized spacial score (nSPS) is 14.7. The van der Waals surface area contributed by atoms with Crippen LogP contribution in [0.15, 0.2) is 42.9 Å². The van der Waals surface area contributed by atoms with Gasteiger partial charge in [-0.15, -0.1) is 11.3 Å². The number of aromatic nitrogens is 3. The molecular formula is C18H16FN5O2S. The Labute approximate surface area is 158 Å². The van der Waals surface area contributed by atoms with Crippen molar-refractivity contribution in [3.63, 3.8) is 0 Å². The van der Waals surface area contributed by atoms with E-state index in [1.165, 1.54) is 17.2 Å². The fraction of sp³-hybridized carbons (Fsp3) is 0.222. The number of halogens is 1. The van der Waals surface area contributed by atoms with Crippen molar-refractivity contribution in [2.45, 2.75) is 0 Å². The molecule has 0 atom stereocenters. The summed E-state index contributed by atoms with van der Waals surface area (Å²) in [4.78, 5) is 32.9. The number of piperazine rings is 1. The SMILES string of the molecule is Cn1cc(N2CCN(C(=O)c3cnc(-c4ccccc4F)s3)CC2=O)cn1. The summed E-state index contributed by atoms with van der Waals surface area (Å²) in [6.07, 6.45) is 4.82. The lowest BCUT2D eigenvalue weighted by atomic mass is 10.2. The Bertz CT molecular complexity index is 1010. The van der Waals surface area contributed by atoms with Crippen molar-refractivity contribution in [1.82, 2.24) is 19.7 Å². The van der Waals surface area contributed by atoms with Gasteiger partial charge < -0.3 is 9.80 Å². The van der Waals surface area contributed by atoms with Crippen molar-refractivity contribution >= 4 is 28.8 Å². The van der Waals surface area contributed by atoms with Gasteiger partial charge in [-0.3, -0.25) is 14.3 Å². The van der Waals surface area contributed by atoms with Crippen LogP contribution in [0.1, 0.15) is 9.67 Å². The van der Waals surface area contributed by atoms with Crippen LogP contribution in [0.25, 0.3) is 10.6 Å². The van der Waals surface area contributed by atoms with E-state index >= 15 is 0 Å². The number of rotatable bonds is 3. The number of carbonyl (C=O) groups is 2. The number of hydrogen-bond donors (Lipinski definition) is 0. The molecule has 0 saturated carbocycles. The second-order valence-electron chi connectivity index (χ2n) is 6.15. The molecule has 2 amide bonds. The monoisotopic (exact) mass is 385 g/mol. The van der Waals surface area contributed by atoms with E-state index in [4.69, 9.17) is 0 Å². The summed E-state index contributed by atoms with van der Waals surface area (Å²) >= 11 is 1.12. The Morgan fingerprint density at radius 3 is 2.74 bits per heavy atom. The minimum atomic E-state index is -0.383. The first-order chi connectivity index (χ1) is 13.0. The number of benzene rings is 1. The molecule has 138 valence electrons. The van der Waals surface area contributed by atoms with E-state index in [0.29, 0.717) is 34.2 Å². The molecule has 0 spiro atoms. The smallest absolute Gasteiger partial charge is 0.266 e. The molecule has 7 nitrogen and oxygen atoms in total. The number of hydrogen-bond acceptors (Lipinski definition) is 5. The summed E-state index contributed by atoms with van der Waals surface area (Å²) in [6.45, 7) is 0.794. The first-order valence-corrected chi connectivity index (χ1v) is 9.13. The van der Waals surface area contributed by atoms with Gasteiger partial charge in [0, 0.05) is 31.9 Å². The highest BCUT2D eigenvalue weighted by molar-refractivity contribution is 7.16. The van der Waals surface area contributed by atoms with Gasteiger partial charge >= 0.3 is 0 Å². The summed E-state index contributed by atoms with van der Waals surface area (Å²) in [5.74, 6) is -0.818. The summed E-state index contributed by atoms with van der Waals surface area (Å²) in [5, 5.41) is 4.51.